The van der Waals surface area contributed by atoms with E-state index in [1.54, 1.807) is 18.2 Å². The molecule has 0 amide bonds. The van der Waals surface area contributed by atoms with Crippen molar-refractivity contribution in [1.82, 2.24) is 14.5 Å². The van der Waals surface area contributed by atoms with Crippen molar-refractivity contribution in [2.75, 3.05) is 5.32 Å². The molecular formula is C21H18F4N4O2. The van der Waals surface area contributed by atoms with Crippen LogP contribution in [-0.2, 0) is 25.7 Å². The fraction of sp³-hybridized carbons (Fsp3) is 0.286. The van der Waals surface area contributed by atoms with E-state index in [2.05, 4.69) is 15.3 Å². The van der Waals surface area contributed by atoms with Gasteiger partial charge in [0.1, 0.15) is 23.9 Å². The first kappa shape index (κ1) is 20.8. The van der Waals surface area contributed by atoms with Crippen LogP contribution in [-0.4, -0.2) is 20.6 Å². The van der Waals surface area contributed by atoms with Gasteiger partial charge in [0.05, 0.1) is 0 Å². The van der Waals surface area contributed by atoms with Crippen LogP contribution in [0.25, 0.3) is 0 Å². The van der Waals surface area contributed by atoms with Crippen molar-refractivity contribution in [3.8, 4) is 5.88 Å². The lowest BCUT2D eigenvalue weighted by atomic mass is 10.0. The molecule has 0 unspecified atom stereocenters. The van der Waals surface area contributed by atoms with E-state index in [0.717, 1.165) is 12.3 Å². The second kappa shape index (κ2) is 8.01. The molecule has 6 nitrogen and oxygen atoms in total. The fourth-order valence-electron chi connectivity index (χ4n) is 3.32. The Morgan fingerprint density at radius 1 is 1.19 bits per heavy atom. The highest BCUT2D eigenvalue weighted by Crippen LogP contribution is 2.27. The van der Waals surface area contributed by atoms with Gasteiger partial charge in [-0.25, -0.2) is 9.18 Å². The largest absolute Gasteiger partial charge is 0.473 e. The van der Waals surface area contributed by atoms with Gasteiger partial charge < -0.3 is 10.1 Å². The van der Waals surface area contributed by atoms with Crippen molar-refractivity contribution >= 4 is 5.82 Å². The number of pyridine rings is 1. The molecule has 1 N–H and O–H groups in total. The molecule has 4 rings (SSSR count). The van der Waals surface area contributed by atoms with Gasteiger partial charge in [0.15, 0.2) is 0 Å². The van der Waals surface area contributed by atoms with Gasteiger partial charge in [-0.2, -0.15) is 18.2 Å². The Labute approximate surface area is 174 Å². The summed E-state index contributed by atoms with van der Waals surface area (Å²) in [6.07, 6.45) is -3.32. The van der Waals surface area contributed by atoms with E-state index >= 15 is 0 Å². The number of halogens is 4. The second-order valence-electron chi connectivity index (χ2n) is 7.36. The predicted molar refractivity (Wildman–Crippen MR) is 104 cm³/mol. The summed E-state index contributed by atoms with van der Waals surface area (Å²) in [6.45, 7) is 2.48. The lowest BCUT2D eigenvalue weighted by molar-refractivity contribution is -0.141. The zero-order valence-electron chi connectivity index (χ0n) is 16.4. The summed E-state index contributed by atoms with van der Waals surface area (Å²) in [5, 5.41) is 3.14. The van der Waals surface area contributed by atoms with Gasteiger partial charge in [-0.05, 0) is 35.7 Å². The minimum absolute atomic E-state index is 0.00445. The third kappa shape index (κ3) is 4.68. The molecule has 10 heteroatoms. The van der Waals surface area contributed by atoms with Gasteiger partial charge >= 0.3 is 11.9 Å². The summed E-state index contributed by atoms with van der Waals surface area (Å²) in [6, 6.07) is 8.36. The molecule has 1 aromatic carbocycles. The highest BCUT2D eigenvalue weighted by Gasteiger charge is 2.32. The van der Waals surface area contributed by atoms with E-state index in [1.807, 2.05) is 6.92 Å². The van der Waals surface area contributed by atoms with Gasteiger partial charge in [0.2, 0.25) is 5.88 Å². The minimum atomic E-state index is -4.51. The van der Waals surface area contributed by atoms with Crippen molar-refractivity contribution in [2.24, 2.45) is 0 Å². The quantitative estimate of drug-likeness (QED) is 0.619. The number of benzene rings is 1. The van der Waals surface area contributed by atoms with Crippen LogP contribution in [0.2, 0.25) is 0 Å². The molecule has 0 saturated heterocycles. The summed E-state index contributed by atoms with van der Waals surface area (Å²) in [4.78, 5) is 19.3. The van der Waals surface area contributed by atoms with Crippen molar-refractivity contribution in [2.45, 2.75) is 38.7 Å². The molecule has 0 radical (unpaired) electrons. The summed E-state index contributed by atoms with van der Waals surface area (Å²) < 4.78 is 59.3. The lowest BCUT2D eigenvalue weighted by Crippen LogP contribution is -2.22. The monoisotopic (exact) mass is 434 g/mol. The molecule has 1 aliphatic rings. The number of ether oxygens (including phenoxy) is 1. The first-order chi connectivity index (χ1) is 14.7. The number of aromatic nitrogens is 3. The van der Waals surface area contributed by atoms with Crippen molar-refractivity contribution in [3.05, 3.63) is 81.3 Å². The fourth-order valence-corrected chi connectivity index (χ4v) is 3.32. The van der Waals surface area contributed by atoms with E-state index in [-0.39, 0.29) is 24.9 Å². The molecule has 3 aromatic rings. The number of alkyl halides is 3. The number of nitrogens with zero attached hydrogens (tertiary/aromatic N) is 3. The van der Waals surface area contributed by atoms with E-state index in [4.69, 9.17) is 4.74 Å². The van der Waals surface area contributed by atoms with E-state index in [0.29, 0.717) is 29.1 Å². The number of hydrogen-bond donors (Lipinski definition) is 1. The molecule has 162 valence electrons. The Balaban J connectivity index is 1.42. The standard InChI is InChI=1S/C21H18F4N4O2/c1-12-10-29-18(27-12)8-19(28-20(29)30)31-11-14-2-4-15(16(22)7-14)6-13-3-5-17(26-9-13)21(23,24)25/h2-5,7-9,12,27H,6,10-11H2,1H3/t12-/m0/s1. The van der Waals surface area contributed by atoms with Crippen LogP contribution >= 0.6 is 0 Å². The number of rotatable bonds is 5. The van der Waals surface area contributed by atoms with E-state index < -0.39 is 23.4 Å². The lowest BCUT2D eigenvalue weighted by Gasteiger charge is -2.10. The molecule has 31 heavy (non-hydrogen) atoms. The Morgan fingerprint density at radius 2 is 1.97 bits per heavy atom. The molecule has 3 heterocycles. The summed E-state index contributed by atoms with van der Waals surface area (Å²) >= 11 is 0. The topological polar surface area (TPSA) is 69.0 Å². The number of anilines is 1. The SMILES string of the molecule is C[C@H]1Cn2c(cc(OCc3ccc(Cc4ccc(C(F)(F)F)nc4)c(F)c3)nc2=O)N1. The maximum atomic E-state index is 14.5. The van der Waals surface area contributed by atoms with Crippen molar-refractivity contribution < 1.29 is 22.3 Å². The molecule has 1 atom stereocenters. The summed E-state index contributed by atoms with van der Waals surface area (Å²) in [7, 11) is 0. The third-order valence-corrected chi connectivity index (χ3v) is 4.85. The second-order valence-corrected chi connectivity index (χ2v) is 7.36. The molecule has 0 aliphatic carbocycles. The van der Waals surface area contributed by atoms with Gasteiger partial charge in [0, 0.05) is 31.3 Å². The summed E-state index contributed by atoms with van der Waals surface area (Å²) in [5.41, 5.74) is -0.113. The maximum Gasteiger partial charge on any atom is 0.433 e. The molecule has 1 aliphatic heterocycles. The molecular weight excluding hydrogens is 416 g/mol. The summed E-state index contributed by atoms with van der Waals surface area (Å²) in [5.74, 6) is 0.241. The normalized spacial score (nSPS) is 15.5. The zero-order valence-corrected chi connectivity index (χ0v) is 16.4. The number of hydrogen-bond acceptors (Lipinski definition) is 5. The highest BCUT2D eigenvalue weighted by molar-refractivity contribution is 5.43. The van der Waals surface area contributed by atoms with E-state index in [9.17, 15) is 22.4 Å². The average Bonchev–Trinajstić information content (AvgIpc) is 3.09. The molecule has 2 aromatic heterocycles. The minimum Gasteiger partial charge on any atom is -0.473 e. The number of nitrogens with one attached hydrogen (secondary N) is 1. The first-order valence-electron chi connectivity index (χ1n) is 9.49. The van der Waals surface area contributed by atoms with Crippen LogP contribution in [0, 0.1) is 5.82 Å². The zero-order chi connectivity index (χ0) is 22.2. The van der Waals surface area contributed by atoms with Crippen LogP contribution in [0.1, 0.15) is 29.3 Å². The average molecular weight is 434 g/mol. The molecule has 0 spiro atoms. The molecule has 0 fully saturated rings. The Kier molecular flexibility index (Phi) is 5.38. The van der Waals surface area contributed by atoms with Crippen LogP contribution in [0.15, 0.2) is 47.4 Å². The van der Waals surface area contributed by atoms with Crippen LogP contribution < -0.4 is 15.7 Å². The van der Waals surface area contributed by atoms with Crippen molar-refractivity contribution in [3.63, 3.8) is 0 Å². The third-order valence-electron chi connectivity index (χ3n) is 4.85. The Bertz CT molecular complexity index is 1160. The van der Waals surface area contributed by atoms with Crippen LogP contribution in [0.3, 0.4) is 0 Å². The highest BCUT2D eigenvalue weighted by atomic mass is 19.4. The van der Waals surface area contributed by atoms with Gasteiger partial charge in [-0.1, -0.05) is 18.2 Å². The molecule has 0 bridgehead atoms. The predicted octanol–water partition coefficient (Wildman–Crippen LogP) is 3.78. The van der Waals surface area contributed by atoms with Gasteiger partial charge in [-0.3, -0.25) is 9.55 Å². The first-order valence-corrected chi connectivity index (χ1v) is 9.49. The molecule has 0 saturated carbocycles. The number of fused-ring (bicyclic) bond motifs is 1. The van der Waals surface area contributed by atoms with Gasteiger partial charge in [-0.15, -0.1) is 0 Å². The smallest absolute Gasteiger partial charge is 0.433 e. The maximum absolute atomic E-state index is 14.5. The Hall–Kier alpha value is -3.43. The van der Waals surface area contributed by atoms with Crippen molar-refractivity contribution in [1.29, 1.82) is 0 Å². The van der Waals surface area contributed by atoms with Gasteiger partial charge in [0.25, 0.3) is 0 Å². The Morgan fingerprint density at radius 3 is 2.65 bits per heavy atom. The van der Waals surface area contributed by atoms with Crippen LogP contribution in [0.5, 0.6) is 5.88 Å². The van der Waals surface area contributed by atoms with Crippen LogP contribution in [0.4, 0.5) is 23.4 Å². The van der Waals surface area contributed by atoms with E-state index in [1.165, 1.54) is 16.7 Å².